The van der Waals surface area contributed by atoms with Crippen molar-refractivity contribution in [2.75, 3.05) is 6.54 Å². The summed E-state index contributed by atoms with van der Waals surface area (Å²) in [7, 11) is -1.91. The molecule has 4 nitrogen and oxygen atoms in total. The lowest BCUT2D eigenvalue weighted by Gasteiger charge is -2.38. The molecular formula is C13H23NO3Si. The molecule has 0 radical (unpaired) electrons. The molecule has 2 unspecified atom stereocenters. The van der Waals surface area contributed by atoms with Crippen LogP contribution in [0.4, 0.5) is 0 Å². The van der Waals surface area contributed by atoms with Crippen molar-refractivity contribution in [3.63, 3.8) is 0 Å². The van der Waals surface area contributed by atoms with E-state index in [1.165, 1.54) is 0 Å². The van der Waals surface area contributed by atoms with Crippen molar-refractivity contribution in [3.05, 3.63) is 5.57 Å². The van der Waals surface area contributed by atoms with Crippen LogP contribution in [-0.2, 0) is 14.0 Å². The predicted molar refractivity (Wildman–Crippen MR) is 73.7 cm³/mol. The minimum atomic E-state index is -1.91. The molecule has 0 saturated carbocycles. The van der Waals surface area contributed by atoms with Crippen LogP contribution >= 0.6 is 0 Å². The molecule has 102 valence electrons. The molecular weight excluding hydrogens is 246 g/mol. The monoisotopic (exact) mass is 269 g/mol. The van der Waals surface area contributed by atoms with Gasteiger partial charge >= 0.3 is 0 Å². The number of carbonyl (C=O) groups excluding carboxylic acids is 2. The number of nitrogens with one attached hydrogen (secondary N) is 1. The van der Waals surface area contributed by atoms with Gasteiger partial charge in [-0.05, 0) is 18.1 Å². The van der Waals surface area contributed by atoms with Crippen molar-refractivity contribution in [2.24, 2.45) is 0 Å². The molecule has 0 bridgehead atoms. The molecule has 0 aliphatic carbocycles. The zero-order chi connectivity index (χ0) is 14.0. The largest absolute Gasteiger partial charge is 0.408 e. The lowest BCUT2D eigenvalue weighted by atomic mass is 10.1. The first-order valence-electron chi connectivity index (χ1n) is 6.32. The third-order valence-electron chi connectivity index (χ3n) is 3.96. The maximum atomic E-state index is 11.1. The molecule has 1 aliphatic rings. The van der Waals surface area contributed by atoms with Gasteiger partial charge in [0.2, 0.25) is 0 Å². The molecule has 1 N–H and O–H groups in total. The van der Waals surface area contributed by atoms with E-state index in [0.29, 0.717) is 18.5 Å². The number of carbonyl (C=O) groups is 1. The Hall–Kier alpha value is -0.743. The maximum absolute atomic E-state index is 11.1. The Kier molecular flexibility index (Phi) is 4.67. The summed E-state index contributed by atoms with van der Waals surface area (Å²) in [5, 5.41) is 3.25. The fraction of sp³-hybridized carbons (Fsp3) is 0.769. The van der Waals surface area contributed by atoms with Crippen LogP contribution in [0.2, 0.25) is 18.1 Å². The predicted octanol–water partition coefficient (Wildman–Crippen LogP) is 1.70. The van der Waals surface area contributed by atoms with Crippen molar-refractivity contribution in [1.82, 2.24) is 5.32 Å². The van der Waals surface area contributed by atoms with Crippen molar-refractivity contribution >= 4 is 20.5 Å². The van der Waals surface area contributed by atoms with Crippen molar-refractivity contribution in [1.29, 1.82) is 0 Å². The van der Waals surface area contributed by atoms with Gasteiger partial charge in [-0.1, -0.05) is 20.8 Å². The highest BCUT2D eigenvalue weighted by atomic mass is 28.4. The number of rotatable bonds is 4. The van der Waals surface area contributed by atoms with Crippen molar-refractivity contribution < 1.29 is 14.0 Å². The molecule has 0 aromatic heterocycles. The van der Waals surface area contributed by atoms with E-state index in [1.807, 2.05) is 5.94 Å². The molecule has 0 amide bonds. The highest BCUT2D eigenvalue weighted by molar-refractivity contribution is 6.74. The van der Waals surface area contributed by atoms with Gasteiger partial charge in [0.15, 0.2) is 8.32 Å². The lowest BCUT2D eigenvalue weighted by molar-refractivity contribution is -0.108. The molecule has 1 aliphatic heterocycles. The van der Waals surface area contributed by atoms with Crippen LogP contribution in [0, 0.1) is 0 Å². The Morgan fingerprint density at radius 2 is 2.11 bits per heavy atom. The third kappa shape index (κ3) is 3.17. The van der Waals surface area contributed by atoms with E-state index in [0.717, 1.165) is 6.29 Å². The Labute approximate surface area is 110 Å². The smallest absolute Gasteiger partial charge is 0.192 e. The lowest BCUT2D eigenvalue weighted by Crippen LogP contribution is -2.44. The van der Waals surface area contributed by atoms with Gasteiger partial charge in [-0.15, -0.1) is 0 Å². The first-order valence-corrected chi connectivity index (χ1v) is 9.23. The molecule has 0 spiro atoms. The van der Waals surface area contributed by atoms with E-state index in [1.54, 1.807) is 0 Å². The van der Waals surface area contributed by atoms with E-state index in [-0.39, 0.29) is 17.2 Å². The quantitative estimate of drug-likeness (QED) is 0.479. The van der Waals surface area contributed by atoms with E-state index >= 15 is 0 Å². The highest BCUT2D eigenvalue weighted by Crippen LogP contribution is 2.38. The third-order valence-corrected chi connectivity index (χ3v) is 8.45. The highest BCUT2D eigenvalue weighted by Gasteiger charge is 2.42. The molecule has 5 heteroatoms. The molecule has 1 saturated heterocycles. The Morgan fingerprint density at radius 3 is 2.56 bits per heavy atom. The van der Waals surface area contributed by atoms with Crippen molar-refractivity contribution in [3.8, 4) is 0 Å². The summed E-state index contributed by atoms with van der Waals surface area (Å²) in [6, 6.07) is -0.199. The SMILES string of the molecule is CC(C)(C)[Si](C)(C)OC1CNC(CC=O)C1=C=O. The maximum Gasteiger partial charge on any atom is 0.192 e. The first kappa shape index (κ1) is 15.3. The molecule has 1 heterocycles. The van der Waals surface area contributed by atoms with Crippen LogP contribution in [0.3, 0.4) is 0 Å². The molecule has 0 aromatic carbocycles. The summed E-state index contributed by atoms with van der Waals surface area (Å²) in [6.07, 6.45) is 0.902. The van der Waals surface area contributed by atoms with Gasteiger partial charge in [0.05, 0.1) is 11.7 Å². The molecule has 2 atom stereocenters. The van der Waals surface area contributed by atoms with Crippen LogP contribution in [0.25, 0.3) is 0 Å². The number of hydrogen-bond donors (Lipinski definition) is 1. The summed E-state index contributed by atoms with van der Waals surface area (Å²) in [6.45, 7) is 11.4. The number of hydrogen-bond acceptors (Lipinski definition) is 4. The van der Waals surface area contributed by atoms with Gasteiger partial charge in [0, 0.05) is 19.0 Å². The first-order chi connectivity index (χ1) is 8.23. The van der Waals surface area contributed by atoms with Gasteiger partial charge in [-0.3, -0.25) is 0 Å². The Balaban J connectivity index is 2.81. The fourth-order valence-electron chi connectivity index (χ4n) is 1.77. The van der Waals surface area contributed by atoms with Gasteiger partial charge in [-0.2, -0.15) is 0 Å². The zero-order valence-corrected chi connectivity index (χ0v) is 12.9. The fourth-order valence-corrected chi connectivity index (χ4v) is 3.05. The molecule has 1 fully saturated rings. The molecule has 18 heavy (non-hydrogen) atoms. The van der Waals surface area contributed by atoms with Crippen LogP contribution in [0.1, 0.15) is 27.2 Å². The van der Waals surface area contributed by atoms with Crippen molar-refractivity contribution in [2.45, 2.75) is 57.5 Å². The van der Waals surface area contributed by atoms with E-state index in [2.05, 4.69) is 39.2 Å². The molecule has 0 aromatic rings. The molecule has 1 rings (SSSR count). The minimum absolute atomic E-state index is 0.101. The van der Waals surface area contributed by atoms with Gasteiger partial charge in [-0.25, -0.2) is 4.79 Å². The van der Waals surface area contributed by atoms with Crippen LogP contribution in [0.5, 0.6) is 0 Å². The van der Waals surface area contributed by atoms with E-state index in [9.17, 15) is 9.59 Å². The van der Waals surface area contributed by atoms with Crippen LogP contribution < -0.4 is 5.32 Å². The Morgan fingerprint density at radius 1 is 1.50 bits per heavy atom. The second kappa shape index (κ2) is 5.49. The van der Waals surface area contributed by atoms with Gasteiger partial charge in [0.25, 0.3) is 0 Å². The Bertz CT molecular complexity index is 367. The second-order valence-electron chi connectivity index (χ2n) is 6.29. The zero-order valence-electron chi connectivity index (χ0n) is 11.9. The second-order valence-corrected chi connectivity index (χ2v) is 11.0. The van der Waals surface area contributed by atoms with Gasteiger partial charge in [0.1, 0.15) is 12.2 Å². The summed E-state index contributed by atoms with van der Waals surface area (Å²) in [4.78, 5) is 21.6. The van der Waals surface area contributed by atoms with E-state index in [4.69, 9.17) is 4.43 Å². The number of aldehydes is 1. The summed E-state index contributed by atoms with van der Waals surface area (Å²) in [5.74, 6) is 1.97. The topological polar surface area (TPSA) is 55.4 Å². The average molecular weight is 269 g/mol. The summed E-state index contributed by atoms with van der Waals surface area (Å²) in [5.41, 5.74) is 0.562. The van der Waals surface area contributed by atoms with E-state index < -0.39 is 8.32 Å². The average Bonchev–Trinajstić information content (AvgIpc) is 2.58. The summed E-state index contributed by atoms with van der Waals surface area (Å²) < 4.78 is 6.20. The van der Waals surface area contributed by atoms with Crippen LogP contribution in [-0.4, -0.2) is 39.2 Å². The minimum Gasteiger partial charge on any atom is -0.408 e. The van der Waals surface area contributed by atoms with Gasteiger partial charge < -0.3 is 14.5 Å². The van der Waals surface area contributed by atoms with Crippen LogP contribution in [0.15, 0.2) is 5.57 Å². The summed E-state index contributed by atoms with van der Waals surface area (Å²) >= 11 is 0. The standard InChI is InChI=1S/C13H23NO3Si/c1-13(2,3)18(4,5)17-12-8-14-11(6-7-15)10(12)9-16/h7,11-12,14H,6,8H2,1-5H3. The normalized spacial score (nSPS) is 25.1.